The number of aliphatic hydroxyl groups is 1. The summed E-state index contributed by atoms with van der Waals surface area (Å²) in [6.45, 7) is 2.59. The summed E-state index contributed by atoms with van der Waals surface area (Å²) in [7, 11) is 0. The summed E-state index contributed by atoms with van der Waals surface area (Å²) in [6.07, 6.45) is 0.985. The zero-order valence-corrected chi connectivity index (χ0v) is 11.9. The number of nitrogens with zero attached hydrogens (tertiary/aromatic N) is 1. The highest BCUT2D eigenvalue weighted by Gasteiger charge is 2.30. The van der Waals surface area contributed by atoms with Gasteiger partial charge in [0.25, 0.3) is 5.91 Å². The molecule has 1 aliphatic rings. The van der Waals surface area contributed by atoms with Crippen LogP contribution in [-0.4, -0.2) is 34.6 Å². The Morgan fingerprint density at radius 2 is 1.89 bits per heavy atom. The average molecular weight is 306 g/mol. The van der Waals surface area contributed by atoms with E-state index in [1.807, 2.05) is 0 Å². The van der Waals surface area contributed by atoms with Crippen LogP contribution in [0.5, 0.6) is 0 Å². The average Bonchev–Trinajstić information content (AvgIpc) is 2.33. The second-order valence-corrected chi connectivity index (χ2v) is 5.85. The molecule has 1 aromatic carbocycles. The molecule has 0 spiro atoms. The Labute approximate surface area is 120 Å². The Bertz CT molecular complexity index is 510. The van der Waals surface area contributed by atoms with Crippen molar-refractivity contribution >= 4 is 29.1 Å². The summed E-state index contributed by atoms with van der Waals surface area (Å²) in [5.74, 6) is -1.01. The van der Waals surface area contributed by atoms with Gasteiger partial charge in [-0.2, -0.15) is 0 Å². The van der Waals surface area contributed by atoms with Gasteiger partial charge in [0.05, 0.1) is 21.2 Å². The molecule has 0 unspecified atom stereocenters. The lowest BCUT2D eigenvalue weighted by atomic mass is 9.93. The van der Waals surface area contributed by atoms with Crippen molar-refractivity contribution in [3.05, 3.63) is 33.6 Å². The first-order chi connectivity index (χ1) is 8.80. The van der Waals surface area contributed by atoms with E-state index in [9.17, 15) is 14.3 Å². The highest BCUT2D eigenvalue weighted by Crippen LogP contribution is 2.27. The van der Waals surface area contributed by atoms with Crippen LogP contribution in [-0.2, 0) is 0 Å². The number of hydrogen-bond acceptors (Lipinski definition) is 2. The fourth-order valence-corrected chi connectivity index (χ4v) is 2.51. The van der Waals surface area contributed by atoms with Crippen molar-refractivity contribution in [3.63, 3.8) is 0 Å². The van der Waals surface area contributed by atoms with Crippen LogP contribution < -0.4 is 0 Å². The van der Waals surface area contributed by atoms with Crippen molar-refractivity contribution in [2.24, 2.45) is 0 Å². The zero-order valence-electron chi connectivity index (χ0n) is 10.4. The largest absolute Gasteiger partial charge is 0.390 e. The number of carbonyl (C=O) groups is 1. The number of likely N-dealkylation sites (tertiary alicyclic amines) is 1. The topological polar surface area (TPSA) is 40.5 Å². The maximum atomic E-state index is 13.4. The smallest absolute Gasteiger partial charge is 0.255 e. The van der Waals surface area contributed by atoms with E-state index < -0.39 is 11.4 Å². The fourth-order valence-electron chi connectivity index (χ4n) is 2.05. The Morgan fingerprint density at radius 3 is 2.47 bits per heavy atom. The van der Waals surface area contributed by atoms with Crippen molar-refractivity contribution in [3.8, 4) is 0 Å². The molecule has 6 heteroatoms. The van der Waals surface area contributed by atoms with Crippen molar-refractivity contribution < 1.29 is 14.3 Å². The first-order valence-corrected chi connectivity index (χ1v) is 6.72. The van der Waals surface area contributed by atoms with Crippen molar-refractivity contribution in [2.45, 2.75) is 25.4 Å². The van der Waals surface area contributed by atoms with Gasteiger partial charge in [-0.25, -0.2) is 4.39 Å². The molecule has 3 nitrogen and oxygen atoms in total. The number of amides is 1. The molecule has 0 atom stereocenters. The molecule has 1 fully saturated rings. The van der Waals surface area contributed by atoms with E-state index >= 15 is 0 Å². The number of halogens is 3. The molecule has 0 bridgehead atoms. The maximum Gasteiger partial charge on any atom is 0.255 e. The minimum Gasteiger partial charge on any atom is -0.390 e. The first-order valence-electron chi connectivity index (χ1n) is 5.96. The quantitative estimate of drug-likeness (QED) is 0.810. The number of carbonyl (C=O) groups excluding carboxylic acids is 1. The van der Waals surface area contributed by atoms with E-state index in [0.717, 1.165) is 6.07 Å². The van der Waals surface area contributed by atoms with Gasteiger partial charge in [-0.1, -0.05) is 23.2 Å². The number of hydrogen-bond donors (Lipinski definition) is 1. The lowest BCUT2D eigenvalue weighted by molar-refractivity contribution is -0.00203. The third-order valence-electron chi connectivity index (χ3n) is 3.37. The van der Waals surface area contributed by atoms with Crippen LogP contribution in [0.1, 0.15) is 30.1 Å². The minimum absolute atomic E-state index is 0.102. The predicted octanol–water partition coefficient (Wildman–Crippen LogP) is 3.12. The van der Waals surface area contributed by atoms with Crippen LogP contribution in [0.4, 0.5) is 4.39 Å². The van der Waals surface area contributed by atoms with Gasteiger partial charge in [0.1, 0.15) is 5.82 Å². The van der Waals surface area contributed by atoms with Crippen molar-refractivity contribution in [1.29, 1.82) is 0 Å². The van der Waals surface area contributed by atoms with Gasteiger partial charge < -0.3 is 10.0 Å². The van der Waals surface area contributed by atoms with Gasteiger partial charge >= 0.3 is 0 Å². The molecular weight excluding hydrogens is 292 g/mol. The van der Waals surface area contributed by atoms with Crippen LogP contribution >= 0.6 is 23.2 Å². The molecule has 19 heavy (non-hydrogen) atoms. The lowest BCUT2D eigenvalue weighted by Crippen LogP contribution is -2.45. The number of rotatable bonds is 1. The van der Waals surface area contributed by atoms with Crippen molar-refractivity contribution in [1.82, 2.24) is 4.90 Å². The molecule has 1 saturated heterocycles. The van der Waals surface area contributed by atoms with Crippen LogP contribution in [0.3, 0.4) is 0 Å². The van der Waals surface area contributed by atoms with Crippen LogP contribution in [0.2, 0.25) is 10.0 Å². The van der Waals surface area contributed by atoms with Crippen LogP contribution in [0.25, 0.3) is 0 Å². The van der Waals surface area contributed by atoms with E-state index in [-0.39, 0.29) is 21.5 Å². The van der Waals surface area contributed by atoms with Crippen LogP contribution in [0.15, 0.2) is 12.1 Å². The second-order valence-electron chi connectivity index (χ2n) is 5.04. The molecule has 1 N–H and O–H groups in total. The molecule has 1 aliphatic heterocycles. The number of benzene rings is 1. The summed E-state index contributed by atoms with van der Waals surface area (Å²) >= 11 is 11.5. The predicted molar refractivity (Wildman–Crippen MR) is 72.2 cm³/mol. The Balaban J connectivity index is 2.19. The molecule has 1 heterocycles. The molecule has 2 rings (SSSR count). The monoisotopic (exact) mass is 305 g/mol. The third-order valence-corrected chi connectivity index (χ3v) is 3.97. The molecule has 0 aliphatic carbocycles. The first kappa shape index (κ1) is 14.6. The Morgan fingerprint density at radius 1 is 1.32 bits per heavy atom. The third kappa shape index (κ3) is 3.19. The standard InChI is InChI=1S/C13H14Cl2FNO2/c1-13(19)2-4-17(5-3-13)12(18)8-6-11(16)10(15)7-9(8)14/h6-7,19H,2-5H2,1H3. The molecule has 1 aromatic rings. The van der Waals surface area contributed by atoms with Gasteiger partial charge in [-0.3, -0.25) is 4.79 Å². The summed E-state index contributed by atoms with van der Waals surface area (Å²) in [5, 5.41) is 9.86. The van der Waals surface area contributed by atoms with Crippen LogP contribution in [0, 0.1) is 5.82 Å². The minimum atomic E-state index is -0.744. The summed E-state index contributed by atoms with van der Waals surface area (Å²) in [6, 6.07) is 2.28. The van der Waals surface area contributed by atoms with Gasteiger partial charge in [0.2, 0.25) is 0 Å². The van der Waals surface area contributed by atoms with Gasteiger partial charge in [0, 0.05) is 13.1 Å². The van der Waals surface area contributed by atoms with Gasteiger partial charge in [0.15, 0.2) is 0 Å². The SMILES string of the molecule is CC1(O)CCN(C(=O)c2cc(F)c(Cl)cc2Cl)CC1. The summed E-state index contributed by atoms with van der Waals surface area (Å²) < 4.78 is 13.4. The highest BCUT2D eigenvalue weighted by molar-refractivity contribution is 6.36. The maximum absolute atomic E-state index is 13.4. The number of piperidine rings is 1. The summed E-state index contributed by atoms with van der Waals surface area (Å²) in [5.41, 5.74) is -0.642. The Kier molecular flexibility index (Phi) is 4.04. The van der Waals surface area contributed by atoms with Crippen molar-refractivity contribution in [2.75, 3.05) is 13.1 Å². The molecule has 104 valence electrons. The molecule has 0 saturated carbocycles. The van der Waals surface area contributed by atoms with E-state index in [0.29, 0.717) is 25.9 Å². The zero-order chi connectivity index (χ0) is 14.2. The van der Waals surface area contributed by atoms with E-state index in [4.69, 9.17) is 23.2 Å². The molecule has 0 aromatic heterocycles. The van der Waals surface area contributed by atoms with E-state index in [2.05, 4.69) is 0 Å². The molecule has 0 radical (unpaired) electrons. The molecule has 1 amide bonds. The van der Waals surface area contributed by atoms with Gasteiger partial charge in [-0.05, 0) is 31.9 Å². The van der Waals surface area contributed by atoms with E-state index in [1.165, 1.54) is 6.07 Å². The molecular formula is C13H14Cl2FNO2. The highest BCUT2D eigenvalue weighted by atomic mass is 35.5. The fraction of sp³-hybridized carbons (Fsp3) is 0.462. The lowest BCUT2D eigenvalue weighted by Gasteiger charge is -2.35. The second kappa shape index (κ2) is 5.27. The normalized spacial score (nSPS) is 18.5. The Hall–Kier alpha value is -0.840. The van der Waals surface area contributed by atoms with E-state index in [1.54, 1.807) is 11.8 Å². The van der Waals surface area contributed by atoms with Gasteiger partial charge in [-0.15, -0.1) is 0 Å². The summed E-state index contributed by atoms with van der Waals surface area (Å²) in [4.78, 5) is 13.8.